The largest absolute Gasteiger partial charge is 0.297 e. The average Bonchev–Trinajstić information content (AvgIpc) is 3.21. The minimum absolute atomic E-state index is 0.0244. The fraction of sp³-hybridized carbons (Fsp3) is 0.364. The number of aromatic nitrogens is 4. The van der Waals surface area contributed by atoms with E-state index < -0.39 is 0 Å². The second kappa shape index (κ2) is 8.21. The number of fused-ring (bicyclic) bond motifs is 2. The van der Waals surface area contributed by atoms with Gasteiger partial charge in [-0.3, -0.25) is 9.13 Å². The van der Waals surface area contributed by atoms with E-state index in [0.29, 0.717) is 5.92 Å². The van der Waals surface area contributed by atoms with Crippen LogP contribution in [0.25, 0.3) is 22.1 Å². The summed E-state index contributed by atoms with van der Waals surface area (Å²) in [6.45, 7) is 4.51. The first-order chi connectivity index (χ1) is 13.7. The van der Waals surface area contributed by atoms with Gasteiger partial charge in [-0.1, -0.05) is 51.0 Å². The van der Waals surface area contributed by atoms with Crippen LogP contribution in [0.4, 0.5) is 0 Å². The average molecular weight is 411 g/mol. The van der Waals surface area contributed by atoms with Gasteiger partial charge in [-0.05, 0) is 43.0 Å². The van der Waals surface area contributed by atoms with Gasteiger partial charge in [0.15, 0.2) is 10.3 Å². The van der Waals surface area contributed by atoms with Crippen molar-refractivity contribution in [3.05, 3.63) is 48.5 Å². The molecule has 28 heavy (non-hydrogen) atoms. The predicted octanol–water partition coefficient (Wildman–Crippen LogP) is 6.23. The van der Waals surface area contributed by atoms with Gasteiger partial charge in [-0.2, -0.15) is 0 Å². The Labute approximate surface area is 176 Å². The lowest BCUT2D eigenvalue weighted by molar-refractivity contribution is 0.243. The summed E-state index contributed by atoms with van der Waals surface area (Å²) in [4.78, 5) is 9.44. The highest BCUT2D eigenvalue weighted by atomic mass is 32.1. The summed E-state index contributed by atoms with van der Waals surface area (Å²) in [5.41, 5.74) is 4.12. The van der Waals surface area contributed by atoms with Crippen LogP contribution < -0.4 is 0 Å². The SMILES string of the molecule is CCCCC(CC)C(n1c(S)nc2ccccc21)n1c(S)nc2ccccc21. The van der Waals surface area contributed by atoms with Gasteiger partial charge in [0.05, 0.1) is 22.1 Å². The lowest BCUT2D eigenvalue weighted by Gasteiger charge is -2.31. The maximum atomic E-state index is 4.77. The summed E-state index contributed by atoms with van der Waals surface area (Å²) in [6, 6.07) is 16.5. The molecule has 0 spiro atoms. The molecule has 1 atom stereocenters. The summed E-state index contributed by atoms with van der Waals surface area (Å²) < 4.78 is 4.52. The number of rotatable bonds is 7. The van der Waals surface area contributed by atoms with Gasteiger partial charge in [-0.25, -0.2) is 9.97 Å². The van der Waals surface area contributed by atoms with E-state index in [-0.39, 0.29) is 6.17 Å². The van der Waals surface area contributed by atoms with Gasteiger partial charge in [0.2, 0.25) is 0 Å². The maximum Gasteiger partial charge on any atom is 0.167 e. The first kappa shape index (κ1) is 19.4. The number of unbranched alkanes of at least 4 members (excludes halogenated alkanes) is 1. The van der Waals surface area contributed by atoms with Gasteiger partial charge in [0, 0.05) is 0 Å². The van der Waals surface area contributed by atoms with Crippen molar-refractivity contribution < 1.29 is 0 Å². The van der Waals surface area contributed by atoms with Crippen LogP contribution in [-0.4, -0.2) is 19.1 Å². The summed E-state index contributed by atoms with van der Waals surface area (Å²) in [6.07, 6.45) is 4.59. The minimum Gasteiger partial charge on any atom is -0.297 e. The Balaban J connectivity index is 1.99. The molecular formula is C22H26N4S2. The van der Waals surface area contributed by atoms with Crippen LogP contribution in [0.3, 0.4) is 0 Å². The van der Waals surface area contributed by atoms with Crippen molar-refractivity contribution in [1.29, 1.82) is 0 Å². The molecule has 0 fully saturated rings. The van der Waals surface area contributed by atoms with Crippen LogP contribution in [0.15, 0.2) is 58.8 Å². The first-order valence-corrected chi connectivity index (χ1v) is 10.9. The monoisotopic (exact) mass is 410 g/mol. The van der Waals surface area contributed by atoms with Crippen molar-refractivity contribution in [2.75, 3.05) is 0 Å². The summed E-state index contributed by atoms with van der Waals surface area (Å²) in [7, 11) is 0. The van der Waals surface area contributed by atoms with Crippen molar-refractivity contribution in [3.63, 3.8) is 0 Å². The highest BCUT2D eigenvalue weighted by Gasteiger charge is 2.29. The molecule has 146 valence electrons. The molecule has 4 nitrogen and oxygen atoms in total. The van der Waals surface area contributed by atoms with Crippen LogP contribution in [-0.2, 0) is 0 Å². The van der Waals surface area contributed by atoms with Gasteiger partial charge >= 0.3 is 0 Å². The van der Waals surface area contributed by atoms with Crippen molar-refractivity contribution >= 4 is 47.3 Å². The maximum absolute atomic E-state index is 4.77. The Kier molecular flexibility index (Phi) is 5.69. The Morgan fingerprint density at radius 1 is 0.821 bits per heavy atom. The quantitative estimate of drug-likeness (QED) is 0.354. The molecule has 4 aromatic rings. The third kappa shape index (κ3) is 3.33. The zero-order valence-electron chi connectivity index (χ0n) is 16.3. The van der Waals surface area contributed by atoms with E-state index in [1.54, 1.807) is 0 Å². The Bertz CT molecular complexity index is 1020. The Morgan fingerprint density at radius 3 is 1.79 bits per heavy atom. The lowest BCUT2D eigenvalue weighted by Crippen LogP contribution is -2.27. The number of para-hydroxylation sites is 4. The predicted molar refractivity (Wildman–Crippen MR) is 122 cm³/mol. The number of hydrogen-bond acceptors (Lipinski definition) is 4. The molecule has 2 heterocycles. The van der Waals surface area contributed by atoms with E-state index in [9.17, 15) is 0 Å². The fourth-order valence-electron chi connectivity index (χ4n) is 4.15. The number of thiol groups is 2. The third-order valence-corrected chi connectivity index (χ3v) is 6.19. The van der Waals surface area contributed by atoms with E-state index in [2.05, 4.69) is 47.2 Å². The fourth-order valence-corrected chi connectivity index (χ4v) is 4.82. The summed E-state index contributed by atoms with van der Waals surface area (Å²) in [5.74, 6) is 0.423. The van der Waals surface area contributed by atoms with E-state index in [0.717, 1.165) is 45.2 Å². The van der Waals surface area contributed by atoms with E-state index in [4.69, 9.17) is 35.2 Å². The smallest absolute Gasteiger partial charge is 0.167 e. The van der Waals surface area contributed by atoms with E-state index >= 15 is 0 Å². The standard InChI is InChI=1S/C22H26N4S2/c1-3-5-10-15(4-2)20(25-18-13-8-6-11-16(18)23-21(25)27)26-19-14-9-7-12-17(19)24-22(26)28/h6-9,11-15,20H,3-5,10H2,1-2H3,(H,23,27)(H,24,28). The summed E-state index contributed by atoms with van der Waals surface area (Å²) >= 11 is 9.55. The normalized spacial score (nSPS) is 13.0. The lowest BCUT2D eigenvalue weighted by atomic mass is 9.95. The van der Waals surface area contributed by atoms with E-state index in [1.165, 1.54) is 12.8 Å². The minimum atomic E-state index is 0.0244. The van der Waals surface area contributed by atoms with Crippen LogP contribution in [0.2, 0.25) is 0 Å². The molecule has 2 aromatic heterocycles. The molecule has 0 radical (unpaired) electrons. The van der Waals surface area contributed by atoms with Crippen LogP contribution >= 0.6 is 25.3 Å². The van der Waals surface area contributed by atoms with Gasteiger partial charge in [-0.15, -0.1) is 25.3 Å². The number of nitrogens with zero attached hydrogens (tertiary/aromatic N) is 4. The molecule has 0 aliphatic heterocycles. The second-order valence-corrected chi connectivity index (χ2v) is 8.07. The Morgan fingerprint density at radius 2 is 1.32 bits per heavy atom. The molecule has 6 heteroatoms. The van der Waals surface area contributed by atoms with Crippen molar-refractivity contribution in [2.45, 2.75) is 56.0 Å². The molecule has 4 rings (SSSR count). The van der Waals surface area contributed by atoms with Crippen LogP contribution in [0.1, 0.15) is 45.7 Å². The van der Waals surface area contributed by atoms with Crippen molar-refractivity contribution in [3.8, 4) is 0 Å². The molecule has 0 aliphatic carbocycles. The van der Waals surface area contributed by atoms with Crippen molar-refractivity contribution in [2.24, 2.45) is 5.92 Å². The molecule has 1 unspecified atom stereocenters. The summed E-state index contributed by atoms with van der Waals surface area (Å²) in [5, 5.41) is 1.46. The molecule has 0 saturated heterocycles. The zero-order chi connectivity index (χ0) is 19.7. The van der Waals surface area contributed by atoms with E-state index in [1.807, 2.05) is 24.3 Å². The molecule has 0 aliphatic rings. The third-order valence-electron chi connectivity index (χ3n) is 5.56. The number of hydrogen-bond donors (Lipinski definition) is 2. The second-order valence-electron chi connectivity index (χ2n) is 7.27. The van der Waals surface area contributed by atoms with Gasteiger partial charge in [0.1, 0.15) is 6.17 Å². The van der Waals surface area contributed by atoms with Gasteiger partial charge in [0.25, 0.3) is 0 Å². The highest BCUT2D eigenvalue weighted by molar-refractivity contribution is 7.80. The number of benzene rings is 2. The molecule has 2 aromatic carbocycles. The molecule has 0 bridgehead atoms. The number of imidazole rings is 2. The highest BCUT2D eigenvalue weighted by Crippen LogP contribution is 2.37. The molecule has 0 N–H and O–H groups in total. The molecule has 0 saturated carbocycles. The zero-order valence-corrected chi connectivity index (χ0v) is 18.1. The van der Waals surface area contributed by atoms with Crippen LogP contribution in [0.5, 0.6) is 0 Å². The van der Waals surface area contributed by atoms with Crippen molar-refractivity contribution in [1.82, 2.24) is 19.1 Å². The Hall–Kier alpha value is -1.92. The topological polar surface area (TPSA) is 35.6 Å². The molecule has 0 amide bonds. The molecular weight excluding hydrogens is 384 g/mol. The van der Waals surface area contributed by atoms with Crippen LogP contribution in [0, 0.1) is 5.92 Å². The first-order valence-electron chi connectivity index (χ1n) is 9.97. The van der Waals surface area contributed by atoms with Gasteiger partial charge < -0.3 is 0 Å².